The van der Waals surface area contributed by atoms with Crippen LogP contribution in [0.1, 0.15) is 51.9 Å². The average molecular weight is 264 g/mol. The smallest absolute Gasteiger partial charge is 0.306 e. The number of hydrogen-bond donors (Lipinski definition) is 1. The number of Topliss-reactive ketones (excluding diaryl/α,β-unsaturated/α-hetero) is 1. The fourth-order valence-corrected chi connectivity index (χ4v) is 3.95. The minimum absolute atomic E-state index is 0.152. The second-order valence-electron chi connectivity index (χ2n) is 6.24. The van der Waals surface area contributed by atoms with E-state index in [9.17, 15) is 14.7 Å². The number of fused-ring (bicyclic) bond motifs is 2. The minimum Gasteiger partial charge on any atom is -0.481 e. The second-order valence-corrected chi connectivity index (χ2v) is 6.24. The fraction of sp³-hybridized carbons (Fsp3) is 0.750. The zero-order valence-corrected chi connectivity index (χ0v) is 11.7. The third-order valence-corrected chi connectivity index (χ3v) is 4.84. The van der Waals surface area contributed by atoms with Crippen molar-refractivity contribution < 1.29 is 14.7 Å². The summed E-state index contributed by atoms with van der Waals surface area (Å²) in [6.07, 6.45) is 10.7. The Kier molecular flexibility index (Phi) is 4.78. The van der Waals surface area contributed by atoms with Crippen LogP contribution in [0.5, 0.6) is 0 Å². The molecule has 0 aliphatic heterocycles. The van der Waals surface area contributed by atoms with Gasteiger partial charge in [-0.2, -0.15) is 0 Å². The van der Waals surface area contributed by atoms with E-state index in [2.05, 4.69) is 0 Å². The van der Waals surface area contributed by atoms with Crippen LogP contribution in [-0.4, -0.2) is 16.9 Å². The van der Waals surface area contributed by atoms with Gasteiger partial charge in [-0.1, -0.05) is 18.6 Å². The molecule has 0 amide bonds. The van der Waals surface area contributed by atoms with E-state index >= 15 is 0 Å². The highest BCUT2D eigenvalue weighted by Gasteiger charge is 2.44. The highest BCUT2D eigenvalue weighted by molar-refractivity contribution is 5.76. The Bertz CT molecular complexity index is 372. The van der Waals surface area contributed by atoms with Gasteiger partial charge in [-0.05, 0) is 56.8 Å². The van der Waals surface area contributed by atoms with E-state index in [1.807, 2.05) is 12.2 Å². The van der Waals surface area contributed by atoms with Crippen LogP contribution in [0.4, 0.5) is 0 Å². The van der Waals surface area contributed by atoms with Crippen molar-refractivity contribution in [1.82, 2.24) is 0 Å². The van der Waals surface area contributed by atoms with E-state index in [4.69, 9.17) is 0 Å². The molecule has 0 heterocycles. The first-order chi connectivity index (χ1) is 9.08. The number of ketones is 1. The SMILES string of the molecule is CC(=O)CC=CCCC(C(=O)O)[C@@H]1C[C@@H]2CC[C@@H]1C2. The summed E-state index contributed by atoms with van der Waals surface area (Å²) in [4.78, 5) is 22.3. The first-order valence-corrected chi connectivity index (χ1v) is 7.45. The van der Waals surface area contributed by atoms with Gasteiger partial charge in [-0.3, -0.25) is 9.59 Å². The van der Waals surface area contributed by atoms with Crippen LogP contribution in [0.15, 0.2) is 12.2 Å². The molecule has 1 N–H and O–H groups in total. The van der Waals surface area contributed by atoms with Gasteiger partial charge in [-0.15, -0.1) is 0 Å². The molecule has 0 aromatic carbocycles. The summed E-state index contributed by atoms with van der Waals surface area (Å²) in [6.45, 7) is 1.57. The number of rotatable bonds is 7. The van der Waals surface area contributed by atoms with E-state index < -0.39 is 5.97 Å². The molecule has 0 aromatic heterocycles. The van der Waals surface area contributed by atoms with Crippen LogP contribution in [-0.2, 0) is 9.59 Å². The van der Waals surface area contributed by atoms with Crippen LogP contribution in [0, 0.1) is 23.7 Å². The van der Waals surface area contributed by atoms with Gasteiger partial charge < -0.3 is 5.11 Å². The van der Waals surface area contributed by atoms with E-state index in [1.165, 1.54) is 19.3 Å². The van der Waals surface area contributed by atoms with E-state index in [0.29, 0.717) is 18.3 Å². The van der Waals surface area contributed by atoms with Gasteiger partial charge in [0.25, 0.3) is 0 Å². The van der Waals surface area contributed by atoms with Crippen LogP contribution in [0.3, 0.4) is 0 Å². The van der Waals surface area contributed by atoms with Crippen molar-refractivity contribution in [2.24, 2.45) is 23.7 Å². The molecule has 0 saturated heterocycles. The summed E-state index contributed by atoms with van der Waals surface area (Å²) in [5.74, 6) is 1.20. The first-order valence-electron chi connectivity index (χ1n) is 7.45. The zero-order chi connectivity index (χ0) is 13.8. The van der Waals surface area contributed by atoms with Gasteiger partial charge in [0.1, 0.15) is 5.78 Å². The standard InChI is InChI=1S/C16H24O3/c1-11(17)5-3-2-4-6-14(16(18)19)15-10-12-7-8-13(15)9-12/h2-3,12-15H,4-10H2,1H3,(H,18,19)/t12-,13-,14?,15-/m1/s1. The van der Waals surface area contributed by atoms with Gasteiger partial charge in [-0.25, -0.2) is 0 Å². The Balaban J connectivity index is 1.82. The van der Waals surface area contributed by atoms with E-state index in [1.54, 1.807) is 6.92 Å². The summed E-state index contributed by atoms with van der Waals surface area (Å²) < 4.78 is 0. The molecule has 3 heteroatoms. The number of aliphatic carboxylic acids is 1. The Labute approximate surface area is 115 Å². The number of carboxylic acid groups (broad SMARTS) is 1. The highest BCUT2D eigenvalue weighted by atomic mass is 16.4. The number of carboxylic acids is 1. The lowest BCUT2D eigenvalue weighted by Crippen LogP contribution is -2.27. The van der Waals surface area contributed by atoms with Crippen molar-refractivity contribution in [2.75, 3.05) is 0 Å². The minimum atomic E-state index is -0.627. The van der Waals surface area contributed by atoms with E-state index in [0.717, 1.165) is 25.2 Å². The number of carbonyl (C=O) groups is 2. The Morgan fingerprint density at radius 3 is 2.58 bits per heavy atom. The van der Waals surface area contributed by atoms with Crippen molar-refractivity contribution in [3.63, 3.8) is 0 Å². The van der Waals surface area contributed by atoms with Gasteiger partial charge in [0.15, 0.2) is 0 Å². The molecule has 4 atom stereocenters. The zero-order valence-electron chi connectivity index (χ0n) is 11.7. The third-order valence-electron chi connectivity index (χ3n) is 4.84. The second kappa shape index (κ2) is 6.36. The van der Waals surface area contributed by atoms with Crippen LogP contribution in [0.25, 0.3) is 0 Å². The lowest BCUT2D eigenvalue weighted by molar-refractivity contribution is -0.144. The molecule has 19 heavy (non-hydrogen) atoms. The maximum Gasteiger partial charge on any atom is 0.306 e. The predicted octanol–water partition coefficient (Wildman–Crippen LogP) is 3.44. The third kappa shape index (κ3) is 3.68. The van der Waals surface area contributed by atoms with Crippen molar-refractivity contribution in [3.8, 4) is 0 Å². The molecule has 2 bridgehead atoms. The monoisotopic (exact) mass is 264 g/mol. The molecular formula is C16H24O3. The van der Waals surface area contributed by atoms with Crippen molar-refractivity contribution in [1.29, 1.82) is 0 Å². The summed E-state index contributed by atoms with van der Waals surface area (Å²) in [6, 6.07) is 0. The molecule has 2 aliphatic carbocycles. The molecule has 2 rings (SSSR count). The molecule has 2 fully saturated rings. The van der Waals surface area contributed by atoms with Crippen molar-refractivity contribution in [3.05, 3.63) is 12.2 Å². The fourth-order valence-electron chi connectivity index (χ4n) is 3.95. The Morgan fingerprint density at radius 2 is 2.05 bits per heavy atom. The number of allylic oxidation sites excluding steroid dienone is 2. The van der Waals surface area contributed by atoms with Crippen LogP contribution < -0.4 is 0 Å². The average Bonchev–Trinajstić information content (AvgIpc) is 2.94. The first kappa shape index (κ1) is 14.3. The number of carbonyl (C=O) groups excluding carboxylic acids is 1. The Hall–Kier alpha value is -1.12. The van der Waals surface area contributed by atoms with Gasteiger partial charge in [0.2, 0.25) is 0 Å². The highest BCUT2D eigenvalue weighted by Crippen LogP contribution is 2.51. The van der Waals surface area contributed by atoms with Crippen LogP contribution >= 0.6 is 0 Å². The lowest BCUT2D eigenvalue weighted by atomic mass is 9.77. The topological polar surface area (TPSA) is 54.4 Å². The van der Waals surface area contributed by atoms with Gasteiger partial charge in [0, 0.05) is 6.42 Å². The lowest BCUT2D eigenvalue weighted by Gasteiger charge is -2.27. The molecule has 106 valence electrons. The maximum absolute atomic E-state index is 11.5. The van der Waals surface area contributed by atoms with Gasteiger partial charge in [0.05, 0.1) is 5.92 Å². The van der Waals surface area contributed by atoms with Crippen molar-refractivity contribution in [2.45, 2.75) is 51.9 Å². The largest absolute Gasteiger partial charge is 0.481 e. The molecule has 0 radical (unpaired) electrons. The van der Waals surface area contributed by atoms with E-state index in [-0.39, 0.29) is 11.7 Å². The summed E-state index contributed by atoms with van der Waals surface area (Å²) >= 11 is 0. The number of hydrogen-bond acceptors (Lipinski definition) is 2. The summed E-state index contributed by atoms with van der Waals surface area (Å²) in [5, 5.41) is 9.43. The maximum atomic E-state index is 11.5. The summed E-state index contributed by atoms with van der Waals surface area (Å²) in [7, 11) is 0. The predicted molar refractivity (Wildman–Crippen MR) is 73.7 cm³/mol. The quantitative estimate of drug-likeness (QED) is 0.717. The molecule has 3 nitrogen and oxygen atoms in total. The molecule has 1 unspecified atom stereocenters. The van der Waals surface area contributed by atoms with Gasteiger partial charge >= 0.3 is 5.97 Å². The molecular weight excluding hydrogens is 240 g/mol. The van der Waals surface area contributed by atoms with Crippen LogP contribution in [0.2, 0.25) is 0 Å². The molecule has 0 spiro atoms. The Morgan fingerprint density at radius 1 is 1.26 bits per heavy atom. The molecule has 2 saturated carbocycles. The summed E-state index contributed by atoms with van der Waals surface area (Å²) in [5.41, 5.74) is 0. The molecule has 0 aromatic rings. The molecule has 2 aliphatic rings. The van der Waals surface area contributed by atoms with Crippen molar-refractivity contribution >= 4 is 11.8 Å². The normalized spacial score (nSPS) is 30.9.